The fourth-order valence-electron chi connectivity index (χ4n) is 2.76. The third-order valence-corrected chi connectivity index (χ3v) is 5.84. The summed E-state index contributed by atoms with van der Waals surface area (Å²) in [6.45, 7) is -0.213. The second-order valence-electron chi connectivity index (χ2n) is 6.90. The van der Waals surface area contributed by atoms with Gasteiger partial charge in [0.2, 0.25) is 5.95 Å². The van der Waals surface area contributed by atoms with Crippen LogP contribution in [0.25, 0.3) is 16.6 Å². The minimum absolute atomic E-state index is 0.180. The standard InChI is InChI=1S/C21H22FN5O3S2/c1-32(29,30)12-10-16(3-2-11-22)18-8-9-19-20(26-18)14-25-21(27-19)24-13-15-4-6-17(7-5-15)31(23)28/h2-10,14H,11-13,23H2,1H3,(H,24,25,27)/b3-2-,16-10+. The lowest BCUT2D eigenvalue weighted by Crippen LogP contribution is -2.05. The Balaban J connectivity index is 1.79. The largest absolute Gasteiger partial charge is 0.350 e. The maximum atomic E-state index is 12.6. The molecule has 1 atom stereocenters. The summed E-state index contributed by atoms with van der Waals surface area (Å²) in [6, 6.07) is 10.5. The van der Waals surface area contributed by atoms with Crippen LogP contribution in [-0.4, -0.2) is 46.3 Å². The molecule has 32 heavy (non-hydrogen) atoms. The van der Waals surface area contributed by atoms with Crippen molar-refractivity contribution in [1.29, 1.82) is 0 Å². The number of nitrogens with zero attached hydrogens (tertiary/aromatic N) is 3. The van der Waals surface area contributed by atoms with E-state index >= 15 is 0 Å². The zero-order valence-electron chi connectivity index (χ0n) is 17.2. The van der Waals surface area contributed by atoms with Crippen LogP contribution < -0.4 is 10.5 Å². The van der Waals surface area contributed by atoms with Gasteiger partial charge >= 0.3 is 0 Å². The van der Waals surface area contributed by atoms with Gasteiger partial charge in [-0.3, -0.25) is 0 Å². The van der Waals surface area contributed by atoms with Gasteiger partial charge in [-0.1, -0.05) is 30.4 Å². The number of nitrogens with two attached hydrogens (primary N) is 1. The molecular formula is C21H22FN5O3S2. The quantitative estimate of drug-likeness (QED) is 0.455. The fourth-order valence-corrected chi connectivity index (χ4v) is 3.65. The molecular weight excluding hydrogens is 453 g/mol. The molecule has 0 saturated carbocycles. The summed E-state index contributed by atoms with van der Waals surface area (Å²) in [5.74, 6) is 0.226. The highest BCUT2D eigenvalue weighted by Gasteiger charge is 2.07. The molecule has 0 saturated heterocycles. The van der Waals surface area contributed by atoms with E-state index in [1.165, 1.54) is 18.2 Å². The Hall–Kier alpha value is -3.02. The maximum absolute atomic E-state index is 12.6. The van der Waals surface area contributed by atoms with E-state index in [0.29, 0.717) is 39.7 Å². The SMILES string of the molecule is CS(=O)(=O)C/C=C(\C=C/CF)c1ccc2nc(NCc3ccc(S(N)=O)cc3)ncc2n1. The number of allylic oxidation sites excluding steroid dienone is 3. The Labute approximate surface area is 188 Å². The molecule has 0 bridgehead atoms. The first kappa shape index (κ1) is 23.6. The molecule has 1 aromatic carbocycles. The van der Waals surface area contributed by atoms with Gasteiger partial charge < -0.3 is 5.32 Å². The second kappa shape index (κ2) is 10.5. The van der Waals surface area contributed by atoms with Crippen LogP contribution in [0, 0.1) is 0 Å². The molecule has 3 N–H and O–H groups in total. The van der Waals surface area contributed by atoms with Gasteiger partial charge in [-0.15, -0.1) is 0 Å². The Morgan fingerprint density at radius 3 is 2.56 bits per heavy atom. The first-order valence-corrected chi connectivity index (χ1v) is 12.8. The normalized spacial score (nSPS) is 13.5. The molecule has 2 heterocycles. The van der Waals surface area contributed by atoms with Crippen molar-refractivity contribution in [2.45, 2.75) is 11.4 Å². The lowest BCUT2D eigenvalue weighted by Gasteiger charge is -2.08. The molecule has 0 aliphatic heterocycles. The molecule has 0 amide bonds. The van der Waals surface area contributed by atoms with Crippen molar-refractivity contribution < 1.29 is 17.0 Å². The molecule has 0 fully saturated rings. The molecule has 3 rings (SSSR count). The van der Waals surface area contributed by atoms with E-state index in [2.05, 4.69) is 20.3 Å². The first-order valence-electron chi connectivity index (χ1n) is 9.49. The van der Waals surface area contributed by atoms with Crippen molar-refractivity contribution in [3.8, 4) is 0 Å². The Morgan fingerprint density at radius 2 is 1.91 bits per heavy atom. The Bertz CT molecular complexity index is 1290. The number of alkyl halides is 1. The third kappa shape index (κ3) is 6.74. The summed E-state index contributed by atoms with van der Waals surface area (Å²) < 4.78 is 46.8. The fraction of sp³-hybridized carbons (Fsp3) is 0.190. The highest BCUT2D eigenvalue weighted by Crippen LogP contribution is 2.19. The predicted molar refractivity (Wildman–Crippen MR) is 125 cm³/mol. The number of benzene rings is 1. The molecule has 2 aromatic heterocycles. The van der Waals surface area contributed by atoms with Crippen molar-refractivity contribution >= 4 is 43.4 Å². The van der Waals surface area contributed by atoms with Crippen LogP contribution in [0.4, 0.5) is 10.3 Å². The van der Waals surface area contributed by atoms with Gasteiger partial charge in [-0.05, 0) is 35.4 Å². The van der Waals surface area contributed by atoms with E-state index in [4.69, 9.17) is 5.14 Å². The van der Waals surface area contributed by atoms with E-state index in [1.54, 1.807) is 30.5 Å². The number of anilines is 1. The second-order valence-corrected chi connectivity index (χ2v) is 10.1. The number of nitrogens with one attached hydrogen (secondary N) is 1. The summed E-state index contributed by atoms with van der Waals surface area (Å²) in [5, 5.41) is 8.47. The zero-order valence-corrected chi connectivity index (χ0v) is 18.9. The summed E-state index contributed by atoms with van der Waals surface area (Å²) >= 11 is 0. The molecule has 0 spiro atoms. The molecule has 0 aliphatic carbocycles. The minimum atomic E-state index is -3.22. The lowest BCUT2D eigenvalue weighted by molar-refractivity contribution is 0.562. The third-order valence-electron chi connectivity index (χ3n) is 4.33. The molecule has 0 radical (unpaired) electrons. The van der Waals surface area contributed by atoms with Gasteiger partial charge in [0.15, 0.2) is 9.84 Å². The van der Waals surface area contributed by atoms with Crippen LogP contribution >= 0.6 is 0 Å². The van der Waals surface area contributed by atoms with Gasteiger partial charge in [0, 0.05) is 12.8 Å². The van der Waals surface area contributed by atoms with Gasteiger partial charge in [0.05, 0.1) is 28.1 Å². The van der Waals surface area contributed by atoms with Gasteiger partial charge in [0.1, 0.15) is 23.2 Å². The zero-order chi connectivity index (χ0) is 23.1. The van der Waals surface area contributed by atoms with E-state index in [1.807, 2.05) is 12.1 Å². The number of pyridine rings is 1. The van der Waals surface area contributed by atoms with E-state index in [9.17, 15) is 17.0 Å². The molecule has 3 aromatic rings. The number of aromatic nitrogens is 3. The number of sulfone groups is 1. The molecule has 8 nitrogen and oxygen atoms in total. The minimum Gasteiger partial charge on any atom is -0.350 e. The summed E-state index contributed by atoms with van der Waals surface area (Å²) in [6.07, 6.45) is 6.98. The molecule has 0 aliphatic rings. The van der Waals surface area contributed by atoms with Crippen LogP contribution in [0.15, 0.2) is 65.7 Å². The van der Waals surface area contributed by atoms with Crippen LogP contribution in [0.5, 0.6) is 0 Å². The van der Waals surface area contributed by atoms with Crippen LogP contribution in [0.1, 0.15) is 11.3 Å². The van der Waals surface area contributed by atoms with Crippen LogP contribution in [0.2, 0.25) is 0 Å². The number of fused-ring (bicyclic) bond motifs is 1. The van der Waals surface area contributed by atoms with Gasteiger partial charge in [-0.2, -0.15) is 0 Å². The topological polar surface area (TPSA) is 128 Å². The molecule has 1 unspecified atom stereocenters. The average Bonchev–Trinajstić information content (AvgIpc) is 2.77. The Morgan fingerprint density at radius 1 is 1.16 bits per heavy atom. The van der Waals surface area contributed by atoms with Crippen LogP contribution in [0.3, 0.4) is 0 Å². The number of rotatable bonds is 9. The summed E-state index contributed by atoms with van der Waals surface area (Å²) in [7, 11) is -4.74. The molecule has 168 valence electrons. The first-order chi connectivity index (χ1) is 15.2. The molecule has 11 heteroatoms. The number of hydrogen-bond acceptors (Lipinski definition) is 7. The highest BCUT2D eigenvalue weighted by atomic mass is 32.2. The van der Waals surface area contributed by atoms with Gasteiger partial charge in [0.25, 0.3) is 0 Å². The maximum Gasteiger partial charge on any atom is 0.223 e. The Kier molecular flexibility index (Phi) is 7.78. The monoisotopic (exact) mass is 475 g/mol. The van der Waals surface area contributed by atoms with Crippen molar-refractivity contribution in [2.24, 2.45) is 5.14 Å². The van der Waals surface area contributed by atoms with Crippen LogP contribution in [-0.2, 0) is 27.4 Å². The van der Waals surface area contributed by atoms with E-state index in [0.717, 1.165) is 11.8 Å². The van der Waals surface area contributed by atoms with E-state index in [-0.39, 0.29) is 5.75 Å². The van der Waals surface area contributed by atoms with Crippen molar-refractivity contribution in [3.63, 3.8) is 0 Å². The number of halogens is 1. The predicted octanol–water partition coefficient (Wildman–Crippen LogP) is 2.57. The van der Waals surface area contributed by atoms with Crippen molar-refractivity contribution in [3.05, 3.63) is 72.1 Å². The lowest BCUT2D eigenvalue weighted by atomic mass is 10.1. The van der Waals surface area contributed by atoms with Crippen molar-refractivity contribution in [1.82, 2.24) is 15.0 Å². The summed E-state index contributed by atoms with van der Waals surface area (Å²) in [5.41, 5.74) is 3.04. The van der Waals surface area contributed by atoms with Gasteiger partial charge in [-0.25, -0.2) is 37.1 Å². The average molecular weight is 476 g/mol. The van der Waals surface area contributed by atoms with E-state index < -0.39 is 27.5 Å². The summed E-state index contributed by atoms with van der Waals surface area (Å²) in [4.78, 5) is 13.7. The number of hydrogen-bond donors (Lipinski definition) is 2. The van der Waals surface area contributed by atoms with Crippen molar-refractivity contribution in [2.75, 3.05) is 24.0 Å². The smallest absolute Gasteiger partial charge is 0.223 e. The highest BCUT2D eigenvalue weighted by molar-refractivity contribution is 7.90.